The van der Waals surface area contributed by atoms with E-state index in [1.165, 1.54) is 51.2 Å². The lowest BCUT2D eigenvalue weighted by molar-refractivity contribution is -0.0303. The molecule has 0 radical (unpaired) electrons. The predicted octanol–water partition coefficient (Wildman–Crippen LogP) is 3.56. The maximum absolute atomic E-state index is 11.9. The van der Waals surface area contributed by atoms with Gasteiger partial charge in [-0.1, -0.05) is 44.2 Å². The quantitative estimate of drug-likeness (QED) is 0.783. The van der Waals surface area contributed by atoms with Crippen LogP contribution in [-0.4, -0.2) is 39.6 Å². The SMILES string of the molecule is CS(=O)(=O)c1ccc(C2NC(OCC3CC3)CNC23CCCCCCC3)cc1. The van der Waals surface area contributed by atoms with Crippen molar-refractivity contribution >= 4 is 9.84 Å². The van der Waals surface area contributed by atoms with Gasteiger partial charge >= 0.3 is 0 Å². The van der Waals surface area contributed by atoms with Gasteiger partial charge in [0.15, 0.2) is 9.84 Å². The molecule has 2 atom stereocenters. The van der Waals surface area contributed by atoms with Gasteiger partial charge in [-0.25, -0.2) is 8.42 Å². The van der Waals surface area contributed by atoms with E-state index in [-0.39, 0.29) is 17.8 Å². The lowest BCUT2D eigenvalue weighted by Gasteiger charge is -2.49. The molecule has 0 bridgehead atoms. The van der Waals surface area contributed by atoms with Crippen molar-refractivity contribution in [3.05, 3.63) is 29.8 Å². The van der Waals surface area contributed by atoms with Crippen molar-refractivity contribution in [2.45, 2.75) is 80.5 Å². The summed E-state index contributed by atoms with van der Waals surface area (Å²) in [7, 11) is -3.18. The van der Waals surface area contributed by atoms with Crippen LogP contribution in [0, 0.1) is 5.92 Å². The van der Waals surface area contributed by atoms with E-state index in [1.807, 2.05) is 12.1 Å². The van der Waals surface area contributed by atoms with E-state index < -0.39 is 9.84 Å². The van der Waals surface area contributed by atoms with E-state index in [4.69, 9.17) is 4.74 Å². The zero-order valence-electron chi connectivity index (χ0n) is 17.0. The minimum Gasteiger partial charge on any atom is -0.362 e. The Balaban J connectivity index is 1.57. The Morgan fingerprint density at radius 2 is 1.68 bits per heavy atom. The fourth-order valence-corrected chi connectivity index (χ4v) is 5.40. The largest absolute Gasteiger partial charge is 0.362 e. The normalized spacial score (nSPS) is 28.6. The van der Waals surface area contributed by atoms with E-state index in [0.29, 0.717) is 4.90 Å². The second-order valence-corrected chi connectivity index (χ2v) is 11.0. The molecule has 2 aliphatic carbocycles. The van der Waals surface area contributed by atoms with Crippen molar-refractivity contribution in [1.29, 1.82) is 0 Å². The van der Waals surface area contributed by atoms with Crippen LogP contribution in [0.25, 0.3) is 0 Å². The van der Waals surface area contributed by atoms with Gasteiger partial charge in [0.25, 0.3) is 0 Å². The topological polar surface area (TPSA) is 67.4 Å². The highest BCUT2D eigenvalue weighted by Gasteiger charge is 2.44. The van der Waals surface area contributed by atoms with E-state index in [0.717, 1.165) is 37.5 Å². The van der Waals surface area contributed by atoms with Crippen LogP contribution in [0.4, 0.5) is 0 Å². The average molecular weight is 407 g/mol. The molecule has 1 aromatic carbocycles. The number of hydrogen-bond donors (Lipinski definition) is 2. The van der Waals surface area contributed by atoms with Crippen molar-refractivity contribution in [2.75, 3.05) is 19.4 Å². The lowest BCUT2D eigenvalue weighted by Crippen LogP contribution is -2.65. The molecule has 3 aliphatic rings. The van der Waals surface area contributed by atoms with Crippen LogP contribution in [0.5, 0.6) is 0 Å². The summed E-state index contributed by atoms with van der Waals surface area (Å²) < 4.78 is 29.9. The minimum atomic E-state index is -3.18. The Morgan fingerprint density at radius 3 is 2.29 bits per heavy atom. The van der Waals surface area contributed by atoms with Crippen LogP contribution in [0.2, 0.25) is 0 Å². The number of piperazine rings is 1. The monoisotopic (exact) mass is 406 g/mol. The predicted molar refractivity (Wildman–Crippen MR) is 111 cm³/mol. The molecule has 1 spiro atoms. The summed E-state index contributed by atoms with van der Waals surface area (Å²) in [4.78, 5) is 0.383. The first-order chi connectivity index (χ1) is 13.5. The highest BCUT2D eigenvalue weighted by atomic mass is 32.2. The van der Waals surface area contributed by atoms with Crippen LogP contribution >= 0.6 is 0 Å². The van der Waals surface area contributed by atoms with Crippen LogP contribution < -0.4 is 10.6 Å². The van der Waals surface area contributed by atoms with Crippen LogP contribution in [-0.2, 0) is 14.6 Å². The minimum absolute atomic E-state index is 0.0104. The standard InChI is InChI=1S/C22H34N2O3S/c1-28(25,26)19-11-9-18(10-12-19)21-22(13-5-3-2-4-6-14-22)23-15-20(24-21)27-16-17-7-8-17/h9-12,17,20-21,23-24H,2-8,13-16H2,1H3. The van der Waals surface area contributed by atoms with Crippen LogP contribution in [0.15, 0.2) is 29.2 Å². The highest BCUT2D eigenvalue weighted by molar-refractivity contribution is 7.90. The third-order valence-electron chi connectivity index (χ3n) is 6.66. The molecular weight excluding hydrogens is 372 g/mol. The second-order valence-electron chi connectivity index (χ2n) is 9.01. The fraction of sp³-hybridized carbons (Fsp3) is 0.727. The molecule has 2 N–H and O–H groups in total. The molecule has 0 aromatic heterocycles. The van der Waals surface area contributed by atoms with Crippen LogP contribution in [0.3, 0.4) is 0 Å². The second kappa shape index (κ2) is 8.42. The van der Waals surface area contributed by atoms with E-state index in [9.17, 15) is 8.42 Å². The molecule has 3 fully saturated rings. The first kappa shape index (κ1) is 20.3. The first-order valence-electron chi connectivity index (χ1n) is 10.9. The zero-order chi connectivity index (χ0) is 19.6. The number of rotatable bonds is 5. The van der Waals surface area contributed by atoms with Gasteiger partial charge in [-0.15, -0.1) is 0 Å². The third-order valence-corrected chi connectivity index (χ3v) is 7.79. The summed E-state index contributed by atoms with van der Waals surface area (Å²) in [6, 6.07) is 7.60. The van der Waals surface area contributed by atoms with Gasteiger partial charge in [0.2, 0.25) is 0 Å². The molecule has 1 heterocycles. The maximum Gasteiger partial charge on any atom is 0.175 e. The number of ether oxygens (including phenoxy) is 1. The number of sulfone groups is 1. The van der Waals surface area contributed by atoms with Crippen molar-refractivity contribution in [2.24, 2.45) is 5.92 Å². The third kappa shape index (κ3) is 4.78. The first-order valence-corrected chi connectivity index (χ1v) is 12.8. The van der Waals surface area contributed by atoms with Gasteiger partial charge in [0.05, 0.1) is 17.5 Å². The Labute approximate surface area is 169 Å². The summed E-state index contributed by atoms with van der Waals surface area (Å²) in [5.41, 5.74) is 1.17. The molecule has 28 heavy (non-hydrogen) atoms. The van der Waals surface area contributed by atoms with E-state index in [1.54, 1.807) is 12.1 Å². The summed E-state index contributed by atoms with van der Waals surface area (Å²) in [5, 5.41) is 7.67. The Hall–Kier alpha value is -0.950. The maximum atomic E-state index is 11.9. The number of benzene rings is 1. The smallest absolute Gasteiger partial charge is 0.175 e. The molecule has 156 valence electrons. The summed E-state index contributed by atoms with van der Waals surface area (Å²) in [6.07, 6.45) is 12.6. The lowest BCUT2D eigenvalue weighted by atomic mass is 9.74. The Morgan fingerprint density at radius 1 is 1.04 bits per heavy atom. The summed E-state index contributed by atoms with van der Waals surface area (Å²) >= 11 is 0. The van der Waals surface area contributed by atoms with Crippen molar-refractivity contribution in [3.8, 4) is 0 Å². The Kier molecular flexibility index (Phi) is 6.12. The van der Waals surface area contributed by atoms with Gasteiger partial charge in [-0.2, -0.15) is 0 Å². The molecule has 2 saturated carbocycles. The molecule has 2 unspecified atom stereocenters. The Bertz CT molecular complexity index is 750. The molecular formula is C22H34N2O3S. The van der Waals surface area contributed by atoms with Gasteiger partial charge < -0.3 is 10.1 Å². The van der Waals surface area contributed by atoms with Crippen molar-refractivity contribution in [1.82, 2.24) is 10.6 Å². The molecule has 4 rings (SSSR count). The molecule has 0 amide bonds. The average Bonchev–Trinajstić information content (AvgIpc) is 3.48. The van der Waals surface area contributed by atoms with Gasteiger partial charge in [-0.3, -0.25) is 5.32 Å². The van der Waals surface area contributed by atoms with Crippen molar-refractivity contribution < 1.29 is 13.2 Å². The van der Waals surface area contributed by atoms with Gasteiger partial charge in [-0.05, 0) is 49.3 Å². The number of hydrogen-bond acceptors (Lipinski definition) is 5. The summed E-state index contributed by atoms with van der Waals surface area (Å²) in [5.74, 6) is 0.742. The zero-order valence-corrected chi connectivity index (χ0v) is 17.8. The van der Waals surface area contributed by atoms with Gasteiger partial charge in [0, 0.05) is 18.3 Å². The number of nitrogens with one attached hydrogen (secondary N) is 2. The molecule has 6 heteroatoms. The fourth-order valence-electron chi connectivity index (χ4n) is 4.77. The van der Waals surface area contributed by atoms with Gasteiger partial charge in [0.1, 0.15) is 6.23 Å². The molecule has 5 nitrogen and oxygen atoms in total. The molecule has 1 aliphatic heterocycles. The van der Waals surface area contributed by atoms with E-state index >= 15 is 0 Å². The van der Waals surface area contributed by atoms with Crippen molar-refractivity contribution in [3.63, 3.8) is 0 Å². The van der Waals surface area contributed by atoms with Crippen LogP contribution in [0.1, 0.15) is 69.4 Å². The molecule has 1 saturated heterocycles. The summed E-state index contributed by atoms with van der Waals surface area (Å²) in [6.45, 7) is 1.68. The van der Waals surface area contributed by atoms with E-state index in [2.05, 4.69) is 10.6 Å². The highest BCUT2D eigenvalue weighted by Crippen LogP contribution is 2.40. The molecule has 1 aromatic rings.